The van der Waals surface area contributed by atoms with Gasteiger partial charge in [-0.05, 0) is 48.9 Å². The second kappa shape index (κ2) is 6.04. The van der Waals surface area contributed by atoms with Gasteiger partial charge in [0.25, 0.3) is 5.91 Å². The fourth-order valence-electron chi connectivity index (χ4n) is 4.76. The summed E-state index contributed by atoms with van der Waals surface area (Å²) in [4.78, 5) is 15.0. The topological polar surface area (TPSA) is 41.6 Å². The van der Waals surface area contributed by atoms with E-state index in [0.29, 0.717) is 0 Å². The number of anilines is 1. The van der Waals surface area contributed by atoms with Crippen molar-refractivity contribution in [3.05, 3.63) is 59.7 Å². The van der Waals surface area contributed by atoms with Crippen molar-refractivity contribution in [3.8, 4) is 5.75 Å². The van der Waals surface area contributed by atoms with Crippen LogP contribution >= 0.6 is 0 Å². The minimum atomic E-state index is -0.326. The molecule has 0 saturated carbocycles. The Labute approximate surface area is 154 Å². The van der Waals surface area contributed by atoms with Gasteiger partial charge in [0.1, 0.15) is 5.75 Å². The van der Waals surface area contributed by atoms with Gasteiger partial charge in [-0.2, -0.15) is 0 Å². The van der Waals surface area contributed by atoms with E-state index >= 15 is 0 Å². The molecule has 3 aliphatic heterocycles. The maximum atomic E-state index is 13.0. The van der Waals surface area contributed by atoms with Crippen molar-refractivity contribution < 1.29 is 9.53 Å². The number of hydrogen-bond acceptors (Lipinski definition) is 3. The van der Waals surface area contributed by atoms with E-state index in [-0.39, 0.29) is 17.4 Å². The largest absolute Gasteiger partial charge is 0.480 e. The van der Waals surface area contributed by atoms with Crippen LogP contribution < -0.4 is 10.1 Å². The molecule has 2 aromatic carbocycles. The summed E-state index contributed by atoms with van der Waals surface area (Å²) in [6.07, 6.45) is 3.41. The summed E-state index contributed by atoms with van der Waals surface area (Å²) in [7, 11) is 0. The van der Waals surface area contributed by atoms with Crippen molar-refractivity contribution in [1.82, 2.24) is 4.90 Å². The highest BCUT2D eigenvalue weighted by molar-refractivity contribution is 5.82. The zero-order chi connectivity index (χ0) is 17.6. The third kappa shape index (κ3) is 2.47. The van der Waals surface area contributed by atoms with Gasteiger partial charge in [-0.15, -0.1) is 0 Å². The smallest absolute Gasteiger partial charge is 0.263 e. The molecule has 0 aliphatic carbocycles. The Hall–Kier alpha value is -2.49. The molecule has 0 aromatic heterocycles. The molecule has 1 amide bonds. The molecule has 1 fully saturated rings. The summed E-state index contributed by atoms with van der Waals surface area (Å²) >= 11 is 0. The first kappa shape index (κ1) is 15.7. The summed E-state index contributed by atoms with van der Waals surface area (Å²) in [5.74, 6) is 1.04. The molecule has 0 radical (unpaired) electrons. The molecule has 3 aliphatic rings. The molecule has 1 saturated heterocycles. The number of amides is 1. The third-order valence-electron chi connectivity index (χ3n) is 6.34. The quantitative estimate of drug-likeness (QED) is 0.859. The Balaban J connectivity index is 1.27. The van der Waals surface area contributed by atoms with Crippen molar-refractivity contribution in [2.75, 3.05) is 25.0 Å². The van der Waals surface area contributed by atoms with Gasteiger partial charge in [0.05, 0.1) is 0 Å². The highest BCUT2D eigenvalue weighted by atomic mass is 16.5. The van der Waals surface area contributed by atoms with Crippen LogP contribution in [-0.2, 0) is 16.6 Å². The standard InChI is InChI=1S/C22H24N2O2/c25-21(20-10-9-16-5-1-4-8-19(16)26-20)24-13-11-22(12-14-24)15-23-18-7-3-2-6-17(18)22/h1-8,20,23H,9-15H2. The Morgan fingerprint density at radius 2 is 1.85 bits per heavy atom. The number of carbonyl (C=O) groups is 1. The zero-order valence-electron chi connectivity index (χ0n) is 14.9. The normalized spacial score (nSPS) is 22.9. The minimum Gasteiger partial charge on any atom is -0.480 e. The monoisotopic (exact) mass is 348 g/mol. The zero-order valence-corrected chi connectivity index (χ0v) is 14.9. The van der Waals surface area contributed by atoms with E-state index in [2.05, 4.69) is 35.6 Å². The second-order valence-corrected chi connectivity index (χ2v) is 7.76. The van der Waals surface area contributed by atoms with E-state index in [4.69, 9.17) is 4.74 Å². The molecule has 1 N–H and O–H groups in total. The maximum absolute atomic E-state index is 13.0. The molecule has 5 rings (SSSR count). The fraction of sp³-hybridized carbons (Fsp3) is 0.409. The SMILES string of the molecule is O=C(C1CCc2ccccc2O1)N1CCC2(CC1)CNc1ccccc12. The van der Waals surface area contributed by atoms with Crippen LogP contribution in [0.2, 0.25) is 0 Å². The average Bonchev–Trinajstić information content (AvgIpc) is 3.06. The van der Waals surface area contributed by atoms with Gasteiger partial charge < -0.3 is 15.0 Å². The molecule has 134 valence electrons. The number of likely N-dealkylation sites (tertiary alicyclic amines) is 1. The number of hydrogen-bond donors (Lipinski definition) is 1. The first-order valence-corrected chi connectivity index (χ1v) is 9.62. The average molecular weight is 348 g/mol. The van der Waals surface area contributed by atoms with E-state index in [0.717, 1.165) is 51.1 Å². The van der Waals surface area contributed by atoms with Gasteiger partial charge in [-0.3, -0.25) is 4.79 Å². The number of aryl methyl sites for hydroxylation is 1. The predicted molar refractivity (Wildman–Crippen MR) is 102 cm³/mol. The highest BCUT2D eigenvalue weighted by Gasteiger charge is 2.43. The van der Waals surface area contributed by atoms with Crippen molar-refractivity contribution in [3.63, 3.8) is 0 Å². The number of rotatable bonds is 1. The van der Waals surface area contributed by atoms with Gasteiger partial charge in [-0.25, -0.2) is 0 Å². The number of benzene rings is 2. The Morgan fingerprint density at radius 1 is 1.08 bits per heavy atom. The van der Waals surface area contributed by atoms with Crippen molar-refractivity contribution in [1.29, 1.82) is 0 Å². The van der Waals surface area contributed by atoms with Gasteiger partial charge in [-0.1, -0.05) is 36.4 Å². The number of piperidine rings is 1. The molecule has 2 aromatic rings. The number of fused-ring (bicyclic) bond motifs is 3. The first-order chi connectivity index (χ1) is 12.8. The number of nitrogens with one attached hydrogen (secondary N) is 1. The molecule has 4 nitrogen and oxygen atoms in total. The molecular formula is C22H24N2O2. The Bertz CT molecular complexity index is 840. The lowest BCUT2D eigenvalue weighted by atomic mass is 9.74. The minimum absolute atomic E-state index is 0.161. The van der Waals surface area contributed by atoms with Crippen LogP contribution in [0.15, 0.2) is 48.5 Å². The lowest BCUT2D eigenvalue weighted by Gasteiger charge is -2.41. The molecule has 1 atom stereocenters. The molecule has 0 bridgehead atoms. The lowest BCUT2D eigenvalue weighted by molar-refractivity contribution is -0.141. The third-order valence-corrected chi connectivity index (χ3v) is 6.34. The van der Waals surface area contributed by atoms with E-state index in [1.807, 2.05) is 23.1 Å². The predicted octanol–water partition coefficient (Wildman–Crippen LogP) is 3.37. The summed E-state index contributed by atoms with van der Waals surface area (Å²) < 4.78 is 6.02. The van der Waals surface area contributed by atoms with Crippen molar-refractivity contribution >= 4 is 11.6 Å². The van der Waals surface area contributed by atoms with E-state index < -0.39 is 0 Å². The molecule has 3 heterocycles. The van der Waals surface area contributed by atoms with Gasteiger partial charge in [0.2, 0.25) is 0 Å². The van der Waals surface area contributed by atoms with Crippen LogP contribution in [0.25, 0.3) is 0 Å². The molecule has 1 spiro atoms. The number of ether oxygens (including phenoxy) is 1. The van der Waals surface area contributed by atoms with Crippen molar-refractivity contribution in [2.45, 2.75) is 37.2 Å². The summed E-state index contributed by atoms with van der Waals surface area (Å²) in [5.41, 5.74) is 4.09. The van der Waals surface area contributed by atoms with Gasteiger partial charge in [0, 0.05) is 30.7 Å². The Morgan fingerprint density at radius 3 is 2.73 bits per heavy atom. The van der Waals surface area contributed by atoms with Crippen LogP contribution in [0.3, 0.4) is 0 Å². The van der Waals surface area contributed by atoms with E-state index in [1.165, 1.54) is 16.8 Å². The molecule has 4 heteroatoms. The maximum Gasteiger partial charge on any atom is 0.263 e. The summed E-state index contributed by atoms with van der Waals surface area (Å²) in [6.45, 7) is 2.62. The molecule has 26 heavy (non-hydrogen) atoms. The summed E-state index contributed by atoms with van der Waals surface area (Å²) in [6, 6.07) is 16.7. The first-order valence-electron chi connectivity index (χ1n) is 9.62. The number of nitrogens with zero attached hydrogens (tertiary/aromatic N) is 1. The van der Waals surface area contributed by atoms with Crippen LogP contribution in [0, 0.1) is 0 Å². The fourth-order valence-corrected chi connectivity index (χ4v) is 4.76. The van der Waals surface area contributed by atoms with Gasteiger partial charge in [0.15, 0.2) is 6.10 Å². The van der Waals surface area contributed by atoms with E-state index in [1.54, 1.807) is 0 Å². The van der Waals surface area contributed by atoms with Crippen molar-refractivity contribution in [2.24, 2.45) is 0 Å². The van der Waals surface area contributed by atoms with Crippen LogP contribution in [0.5, 0.6) is 5.75 Å². The van der Waals surface area contributed by atoms with Crippen LogP contribution in [0.4, 0.5) is 5.69 Å². The highest BCUT2D eigenvalue weighted by Crippen LogP contribution is 2.44. The van der Waals surface area contributed by atoms with Crippen LogP contribution in [0.1, 0.15) is 30.4 Å². The molecular weight excluding hydrogens is 324 g/mol. The number of para-hydroxylation sites is 2. The Kier molecular flexibility index (Phi) is 3.66. The number of carbonyl (C=O) groups excluding carboxylic acids is 1. The molecule has 1 unspecified atom stereocenters. The second-order valence-electron chi connectivity index (χ2n) is 7.76. The van der Waals surface area contributed by atoms with E-state index in [9.17, 15) is 4.79 Å². The van der Waals surface area contributed by atoms with Gasteiger partial charge >= 0.3 is 0 Å². The lowest BCUT2D eigenvalue weighted by Crippen LogP contribution is -2.50. The summed E-state index contributed by atoms with van der Waals surface area (Å²) in [5, 5.41) is 3.55. The van der Waals surface area contributed by atoms with Crippen LogP contribution in [-0.4, -0.2) is 36.5 Å².